The van der Waals surface area contributed by atoms with Crippen LogP contribution in [0.2, 0.25) is 0 Å². The van der Waals surface area contributed by atoms with Gasteiger partial charge in [-0.3, -0.25) is 9.59 Å². The normalized spacial score (nSPS) is 24.9. The molecule has 1 fully saturated rings. The Morgan fingerprint density at radius 2 is 1.61 bits per heavy atom. The van der Waals surface area contributed by atoms with Crippen molar-refractivity contribution in [3.05, 3.63) is 76.6 Å². The third kappa shape index (κ3) is 6.03. The number of fused-ring (bicyclic) bond motifs is 3. The summed E-state index contributed by atoms with van der Waals surface area (Å²) >= 11 is 0. The van der Waals surface area contributed by atoms with E-state index in [0.29, 0.717) is 11.6 Å². The summed E-state index contributed by atoms with van der Waals surface area (Å²) < 4.78 is 144. The maximum absolute atomic E-state index is 15.1. The van der Waals surface area contributed by atoms with E-state index in [-0.39, 0.29) is 61.8 Å². The second kappa shape index (κ2) is 12.1. The molecule has 2 aromatic carbocycles. The molecule has 2 aliphatic carbocycles. The van der Waals surface area contributed by atoms with Crippen LogP contribution in [0.5, 0.6) is 0 Å². The summed E-state index contributed by atoms with van der Waals surface area (Å²) in [6.45, 7) is 6.79. The van der Waals surface area contributed by atoms with Crippen LogP contribution in [0, 0.1) is 17.7 Å². The summed E-state index contributed by atoms with van der Waals surface area (Å²) in [4.78, 5) is 27.7. The van der Waals surface area contributed by atoms with Gasteiger partial charge in [0.05, 0.1) is 16.9 Å². The highest BCUT2D eigenvalue weighted by molar-refractivity contribution is 7.92. The van der Waals surface area contributed by atoms with E-state index in [1.807, 2.05) is 0 Å². The number of hydrogen-bond acceptors (Lipinski definition) is 5. The number of benzene rings is 2. The van der Waals surface area contributed by atoms with Crippen LogP contribution >= 0.6 is 0 Å². The van der Waals surface area contributed by atoms with Crippen LogP contribution < -0.4 is 0 Å². The number of rotatable bonds is 5. The summed E-state index contributed by atoms with van der Waals surface area (Å²) in [6.07, 6.45) is -11.6. The van der Waals surface area contributed by atoms with Crippen molar-refractivity contribution < 1.29 is 57.9 Å². The van der Waals surface area contributed by atoms with E-state index in [2.05, 4.69) is 0 Å². The van der Waals surface area contributed by atoms with Crippen LogP contribution in [0.4, 0.5) is 35.1 Å². The van der Waals surface area contributed by atoms with Crippen LogP contribution in [0.25, 0.3) is 0 Å². The van der Waals surface area contributed by atoms with E-state index in [9.17, 15) is 48.7 Å². The number of hydrogen-bond donors (Lipinski definition) is 0. The predicted molar refractivity (Wildman–Crippen MR) is 161 cm³/mol. The number of carbonyl (C=O) groups excluding carboxylic acids is 2. The van der Waals surface area contributed by atoms with Gasteiger partial charge in [0.25, 0.3) is 0 Å². The number of amides is 1. The molecule has 0 spiro atoms. The van der Waals surface area contributed by atoms with Gasteiger partial charge in [-0.05, 0) is 88.1 Å². The average Bonchev–Trinajstić information content (AvgIpc) is 3.39. The molecule has 1 saturated heterocycles. The first-order valence-electron chi connectivity index (χ1n) is 15.6. The first kappa shape index (κ1) is 36.8. The summed E-state index contributed by atoms with van der Waals surface area (Å²) in [5.74, 6) is -2.73. The lowest BCUT2D eigenvalue weighted by atomic mass is 9.76. The number of aryl methyl sites for hydroxylation is 1. The van der Waals surface area contributed by atoms with Gasteiger partial charge in [0.1, 0.15) is 16.2 Å². The highest BCUT2D eigenvalue weighted by Gasteiger charge is 2.74. The van der Waals surface area contributed by atoms with Gasteiger partial charge in [0, 0.05) is 17.7 Å². The molecule has 268 valence electrons. The Morgan fingerprint density at radius 3 is 2.18 bits per heavy atom. The van der Waals surface area contributed by atoms with Crippen molar-refractivity contribution in [1.29, 1.82) is 0 Å². The Labute approximate surface area is 278 Å². The number of ether oxygens (including phenoxy) is 1. The zero-order valence-corrected chi connectivity index (χ0v) is 27.8. The molecular formula is C34H35F8NO5S. The number of carbonyl (C=O) groups is 2. The number of likely N-dealkylation sites (tertiary alicyclic amines) is 1. The maximum Gasteiger partial charge on any atom is 0.435 e. The first-order valence-corrected chi connectivity index (χ1v) is 17.1. The molecule has 1 heterocycles. The van der Waals surface area contributed by atoms with E-state index in [1.165, 1.54) is 4.90 Å². The van der Waals surface area contributed by atoms with E-state index in [1.54, 1.807) is 33.8 Å². The molecule has 5 rings (SSSR count). The molecule has 49 heavy (non-hydrogen) atoms. The number of alkyl halides is 7. The predicted octanol–water partition coefficient (Wildman–Crippen LogP) is 7.65. The van der Waals surface area contributed by atoms with Crippen LogP contribution in [-0.2, 0) is 41.0 Å². The number of halogens is 8. The molecule has 0 radical (unpaired) electrons. The molecule has 1 amide bonds. The van der Waals surface area contributed by atoms with E-state index in [4.69, 9.17) is 4.74 Å². The molecule has 2 aromatic rings. The fourth-order valence-corrected chi connectivity index (χ4v) is 9.85. The van der Waals surface area contributed by atoms with Gasteiger partial charge >= 0.3 is 24.0 Å². The fraction of sp³-hybridized carbons (Fsp3) is 0.529. The van der Waals surface area contributed by atoms with Gasteiger partial charge < -0.3 is 9.64 Å². The third-order valence-corrected chi connectivity index (χ3v) is 12.3. The minimum absolute atomic E-state index is 0.156. The number of allylic oxidation sites excluding steroid dienone is 1. The fourth-order valence-electron chi connectivity index (χ4n) is 7.46. The monoisotopic (exact) mass is 721 g/mol. The van der Waals surface area contributed by atoms with Crippen LogP contribution in [0.1, 0.15) is 70.1 Å². The Hall–Kier alpha value is -3.49. The molecule has 0 aromatic heterocycles. The van der Waals surface area contributed by atoms with Crippen molar-refractivity contribution in [2.75, 3.05) is 6.54 Å². The van der Waals surface area contributed by atoms with Gasteiger partial charge in [-0.15, -0.1) is 0 Å². The minimum atomic E-state index is -6.38. The van der Waals surface area contributed by atoms with Gasteiger partial charge in [-0.1, -0.05) is 37.3 Å². The van der Waals surface area contributed by atoms with Crippen molar-refractivity contribution in [3.63, 3.8) is 0 Å². The zero-order chi connectivity index (χ0) is 36.5. The highest BCUT2D eigenvalue weighted by atomic mass is 32.2. The lowest BCUT2D eigenvalue weighted by Crippen LogP contribution is -2.53. The summed E-state index contributed by atoms with van der Waals surface area (Å²) in [5.41, 5.74) is -8.36. The molecular weight excluding hydrogens is 686 g/mol. The van der Waals surface area contributed by atoms with E-state index >= 15 is 4.39 Å². The third-order valence-electron chi connectivity index (χ3n) is 9.74. The number of esters is 1. The average molecular weight is 722 g/mol. The summed E-state index contributed by atoms with van der Waals surface area (Å²) in [5, 5.41) is 0. The van der Waals surface area contributed by atoms with Crippen molar-refractivity contribution in [2.45, 2.75) is 99.1 Å². The van der Waals surface area contributed by atoms with Gasteiger partial charge in [-0.25, -0.2) is 17.2 Å². The highest BCUT2D eigenvalue weighted by Crippen LogP contribution is 2.57. The Kier molecular flexibility index (Phi) is 9.07. The molecule has 0 bridgehead atoms. The lowest BCUT2D eigenvalue weighted by Gasteiger charge is -2.43. The smallest absolute Gasteiger partial charge is 0.435 e. The molecule has 0 N–H and O–H groups in total. The maximum atomic E-state index is 15.1. The van der Waals surface area contributed by atoms with E-state index < -0.39 is 78.3 Å². The zero-order valence-electron chi connectivity index (χ0n) is 27.0. The minimum Gasteiger partial charge on any atom is -0.460 e. The van der Waals surface area contributed by atoms with Gasteiger partial charge in [0.2, 0.25) is 5.91 Å². The van der Waals surface area contributed by atoms with Crippen LogP contribution in [-0.4, -0.2) is 55.7 Å². The largest absolute Gasteiger partial charge is 0.460 e. The summed E-state index contributed by atoms with van der Waals surface area (Å²) in [7, 11) is -4.70. The van der Waals surface area contributed by atoms with E-state index in [0.717, 1.165) is 30.3 Å². The molecule has 3 aliphatic rings. The molecule has 1 aliphatic heterocycles. The molecule has 15 heteroatoms. The van der Waals surface area contributed by atoms with Crippen LogP contribution in [0.3, 0.4) is 0 Å². The Balaban J connectivity index is 1.59. The SMILES string of the molecule is C[C@H]1CC(C(=O)N2CCC3(S(=O)(=O)c4cccc(F)c4)c4ccc(C(F)(C(F)(F)F)C(F)(F)F)cc4CCC23)=CC[C@H]1C(=O)OC(C)(C)C. The standard InChI is InChI=1S/C34H35F8NO5S/c1-19-16-21(8-11-25(19)29(45)48-30(2,3)4)28(44)43-15-14-31(49(46,47)24-7-5-6-23(35)18-24)26-12-10-22(17-20(26)9-13-27(31)43)32(36,33(37,38)39)34(40,41)42/h5-8,10,12,17-19,25,27H,9,11,13-16H2,1-4H3/t19-,25+,27?,31?/m0/s1. The molecule has 2 unspecified atom stereocenters. The lowest BCUT2D eigenvalue weighted by molar-refractivity contribution is -0.348. The summed E-state index contributed by atoms with van der Waals surface area (Å²) in [6, 6.07) is 4.25. The number of nitrogens with zero attached hydrogens (tertiary/aromatic N) is 1. The van der Waals surface area contributed by atoms with Crippen molar-refractivity contribution in [3.8, 4) is 0 Å². The molecule has 0 saturated carbocycles. The Morgan fingerprint density at radius 1 is 0.959 bits per heavy atom. The Bertz CT molecular complexity index is 1780. The van der Waals surface area contributed by atoms with Crippen LogP contribution in [0.15, 0.2) is 59.0 Å². The first-order chi connectivity index (χ1) is 22.5. The second-order valence-electron chi connectivity index (χ2n) is 14.0. The van der Waals surface area contributed by atoms with Crippen molar-refractivity contribution in [2.24, 2.45) is 11.8 Å². The quantitative estimate of drug-likeness (QED) is 0.234. The number of sulfone groups is 1. The van der Waals surface area contributed by atoms with Crippen molar-refractivity contribution in [1.82, 2.24) is 4.90 Å². The van der Waals surface area contributed by atoms with Gasteiger partial charge in [-0.2, -0.15) is 26.3 Å². The van der Waals surface area contributed by atoms with Gasteiger partial charge in [0.15, 0.2) is 9.84 Å². The topological polar surface area (TPSA) is 80.8 Å². The second-order valence-corrected chi connectivity index (χ2v) is 16.2. The molecule has 4 atom stereocenters. The molecule has 6 nitrogen and oxygen atoms in total. The van der Waals surface area contributed by atoms with Crippen molar-refractivity contribution >= 4 is 21.7 Å².